The maximum atomic E-state index is 14.6. The van der Waals surface area contributed by atoms with E-state index in [4.69, 9.17) is 0 Å². The smallest absolute Gasteiger partial charge is 0.130 e. The lowest BCUT2D eigenvalue weighted by Gasteiger charge is -2.12. The van der Waals surface area contributed by atoms with Gasteiger partial charge in [-0.2, -0.15) is 0 Å². The zero-order valence-corrected chi connectivity index (χ0v) is 17.3. The fourth-order valence-corrected chi connectivity index (χ4v) is 3.48. The minimum atomic E-state index is -0.165. The van der Waals surface area contributed by atoms with Crippen LogP contribution in [0.3, 0.4) is 0 Å². The molecule has 0 unspecified atom stereocenters. The monoisotopic (exact) mass is 384 g/mol. The number of hydrogen-bond donors (Lipinski definition) is 0. The van der Waals surface area contributed by atoms with E-state index < -0.39 is 0 Å². The van der Waals surface area contributed by atoms with Gasteiger partial charge in [-0.15, -0.1) is 0 Å². The highest BCUT2D eigenvalue weighted by Gasteiger charge is 2.08. The van der Waals surface area contributed by atoms with E-state index in [1.807, 2.05) is 37.3 Å². The van der Waals surface area contributed by atoms with Gasteiger partial charge in [0, 0.05) is 5.56 Å². The molecule has 0 saturated carbocycles. The zero-order valence-electron chi connectivity index (χ0n) is 17.3. The van der Waals surface area contributed by atoms with Gasteiger partial charge in [0.15, 0.2) is 0 Å². The van der Waals surface area contributed by atoms with Crippen molar-refractivity contribution in [1.29, 1.82) is 0 Å². The molecule has 0 bridgehead atoms. The van der Waals surface area contributed by atoms with Crippen LogP contribution in [-0.4, -0.2) is 0 Å². The van der Waals surface area contributed by atoms with Crippen LogP contribution in [0.15, 0.2) is 84.9 Å². The summed E-state index contributed by atoms with van der Waals surface area (Å²) in [6.45, 7) is 4.23. The molecular formula is C28H29F. The van der Waals surface area contributed by atoms with Crippen LogP contribution in [-0.2, 0) is 12.8 Å². The lowest BCUT2D eigenvalue weighted by molar-refractivity contribution is 0.620. The molecule has 0 aliphatic rings. The Hall–Kier alpha value is -2.93. The van der Waals surface area contributed by atoms with E-state index in [9.17, 15) is 4.39 Å². The van der Waals surface area contributed by atoms with Crippen molar-refractivity contribution in [1.82, 2.24) is 0 Å². The van der Waals surface area contributed by atoms with Gasteiger partial charge in [0.1, 0.15) is 5.82 Å². The average Bonchev–Trinajstić information content (AvgIpc) is 2.75. The third-order valence-electron chi connectivity index (χ3n) is 5.25. The van der Waals surface area contributed by atoms with E-state index in [0.717, 1.165) is 30.4 Å². The molecule has 0 spiro atoms. The second-order valence-corrected chi connectivity index (χ2v) is 7.55. The SMILES string of the molecule is C/C=C/CCc1ccc(C=Cc2ccc(C[C@@H](C)c3ccccc3)cc2F)cc1. The van der Waals surface area contributed by atoms with Gasteiger partial charge in [-0.05, 0) is 60.4 Å². The maximum Gasteiger partial charge on any atom is 0.130 e. The van der Waals surface area contributed by atoms with Gasteiger partial charge >= 0.3 is 0 Å². The van der Waals surface area contributed by atoms with Gasteiger partial charge in [-0.1, -0.05) is 98.0 Å². The highest BCUT2D eigenvalue weighted by atomic mass is 19.1. The van der Waals surface area contributed by atoms with Gasteiger partial charge in [-0.3, -0.25) is 0 Å². The van der Waals surface area contributed by atoms with Crippen LogP contribution < -0.4 is 0 Å². The first-order valence-electron chi connectivity index (χ1n) is 10.4. The molecule has 0 aliphatic heterocycles. The minimum Gasteiger partial charge on any atom is -0.206 e. The molecule has 1 heteroatoms. The summed E-state index contributed by atoms with van der Waals surface area (Å²) in [7, 11) is 0. The van der Waals surface area contributed by atoms with Crippen molar-refractivity contribution < 1.29 is 4.39 Å². The summed E-state index contributed by atoms with van der Waals surface area (Å²) in [4.78, 5) is 0. The largest absolute Gasteiger partial charge is 0.206 e. The first-order valence-corrected chi connectivity index (χ1v) is 10.4. The molecule has 29 heavy (non-hydrogen) atoms. The fourth-order valence-electron chi connectivity index (χ4n) is 3.48. The number of hydrogen-bond acceptors (Lipinski definition) is 0. The normalized spacial score (nSPS) is 12.7. The molecule has 3 rings (SSSR count). The van der Waals surface area contributed by atoms with Crippen LogP contribution in [0.1, 0.15) is 54.0 Å². The topological polar surface area (TPSA) is 0 Å². The van der Waals surface area contributed by atoms with Crippen molar-refractivity contribution in [3.63, 3.8) is 0 Å². The Balaban J connectivity index is 1.62. The van der Waals surface area contributed by atoms with Gasteiger partial charge in [0.05, 0.1) is 0 Å². The molecule has 3 aromatic carbocycles. The molecule has 0 aliphatic carbocycles. The predicted molar refractivity (Wildman–Crippen MR) is 123 cm³/mol. The van der Waals surface area contributed by atoms with Crippen LogP contribution in [0.25, 0.3) is 12.2 Å². The fraction of sp³-hybridized carbons (Fsp3) is 0.214. The standard InChI is InChI=1S/C28H29F/c1-3-4-6-9-23-12-14-24(15-13-23)16-18-27-19-17-25(21-28(27)29)20-22(2)26-10-7-5-8-11-26/h3-5,7-8,10-19,21-22H,6,9,20H2,1-2H3/b4-3+,18-16?/t22-/m1/s1. The van der Waals surface area contributed by atoms with Crippen LogP contribution in [0, 0.1) is 5.82 Å². The highest BCUT2D eigenvalue weighted by Crippen LogP contribution is 2.22. The molecular weight excluding hydrogens is 355 g/mol. The molecule has 0 amide bonds. The second kappa shape index (κ2) is 10.6. The second-order valence-electron chi connectivity index (χ2n) is 7.55. The Morgan fingerprint density at radius 2 is 1.59 bits per heavy atom. The molecule has 0 nitrogen and oxygen atoms in total. The third-order valence-corrected chi connectivity index (χ3v) is 5.25. The Bertz CT molecular complexity index is 949. The van der Waals surface area contributed by atoms with Crippen LogP contribution in [0.2, 0.25) is 0 Å². The lowest BCUT2D eigenvalue weighted by Crippen LogP contribution is -1.99. The first kappa shape index (κ1) is 20.8. The Morgan fingerprint density at radius 1 is 0.862 bits per heavy atom. The Labute approximate surface area is 174 Å². The summed E-state index contributed by atoms with van der Waals surface area (Å²) >= 11 is 0. The molecule has 0 N–H and O–H groups in total. The number of aryl methyl sites for hydroxylation is 1. The third kappa shape index (κ3) is 6.29. The summed E-state index contributed by atoms with van der Waals surface area (Å²) in [6.07, 6.45) is 11.0. The van der Waals surface area contributed by atoms with Crippen molar-refractivity contribution in [3.05, 3.63) is 119 Å². The molecule has 148 valence electrons. The summed E-state index contributed by atoms with van der Waals surface area (Å²) in [5.41, 5.74) is 5.34. The molecule has 0 saturated heterocycles. The quantitative estimate of drug-likeness (QED) is 0.274. The number of halogens is 1. The van der Waals surface area contributed by atoms with Crippen LogP contribution in [0.5, 0.6) is 0 Å². The highest BCUT2D eigenvalue weighted by molar-refractivity contribution is 5.70. The Morgan fingerprint density at radius 3 is 2.28 bits per heavy atom. The van der Waals surface area contributed by atoms with Gasteiger partial charge in [-0.25, -0.2) is 4.39 Å². The van der Waals surface area contributed by atoms with Crippen molar-refractivity contribution in [2.45, 2.75) is 39.0 Å². The number of rotatable bonds is 8. The summed E-state index contributed by atoms with van der Waals surface area (Å²) < 4.78 is 14.6. The molecule has 0 fully saturated rings. The lowest BCUT2D eigenvalue weighted by atomic mass is 9.93. The van der Waals surface area contributed by atoms with Gasteiger partial charge < -0.3 is 0 Å². The van der Waals surface area contributed by atoms with Crippen molar-refractivity contribution in [3.8, 4) is 0 Å². The molecule has 0 aromatic heterocycles. The van der Waals surface area contributed by atoms with E-state index in [0.29, 0.717) is 11.5 Å². The Kier molecular flexibility index (Phi) is 7.58. The van der Waals surface area contributed by atoms with Crippen LogP contribution >= 0.6 is 0 Å². The van der Waals surface area contributed by atoms with Crippen molar-refractivity contribution in [2.24, 2.45) is 0 Å². The predicted octanol–water partition coefficient (Wildman–Crippen LogP) is 7.85. The van der Waals surface area contributed by atoms with Crippen molar-refractivity contribution in [2.75, 3.05) is 0 Å². The first-order chi connectivity index (χ1) is 14.2. The van der Waals surface area contributed by atoms with E-state index in [2.05, 4.69) is 67.6 Å². The molecule has 1 atom stereocenters. The average molecular weight is 385 g/mol. The number of allylic oxidation sites excluding steroid dienone is 2. The molecule has 3 aromatic rings. The zero-order chi connectivity index (χ0) is 20.5. The molecule has 0 heterocycles. The summed E-state index contributed by atoms with van der Waals surface area (Å²) in [5.74, 6) is 0.199. The minimum absolute atomic E-state index is 0.165. The summed E-state index contributed by atoms with van der Waals surface area (Å²) in [6, 6.07) is 24.4. The van der Waals surface area contributed by atoms with Crippen LogP contribution in [0.4, 0.5) is 4.39 Å². The van der Waals surface area contributed by atoms with E-state index in [1.165, 1.54) is 11.1 Å². The maximum absolute atomic E-state index is 14.6. The van der Waals surface area contributed by atoms with Gasteiger partial charge in [0.25, 0.3) is 0 Å². The van der Waals surface area contributed by atoms with Crippen molar-refractivity contribution >= 4 is 12.2 Å². The summed E-state index contributed by atoms with van der Waals surface area (Å²) in [5, 5.41) is 0. The van der Waals surface area contributed by atoms with E-state index in [1.54, 1.807) is 6.07 Å². The number of benzene rings is 3. The van der Waals surface area contributed by atoms with Gasteiger partial charge in [0.2, 0.25) is 0 Å². The molecule has 0 radical (unpaired) electrons. The van der Waals surface area contributed by atoms with E-state index >= 15 is 0 Å². The van der Waals surface area contributed by atoms with E-state index in [-0.39, 0.29) is 5.82 Å².